The monoisotopic (exact) mass is 533 g/mol. The van der Waals surface area contributed by atoms with Crippen LogP contribution in [0.3, 0.4) is 0 Å². The smallest absolute Gasteiger partial charge is 0.174 e. The van der Waals surface area contributed by atoms with Crippen LogP contribution >= 0.6 is 35.0 Å². The van der Waals surface area contributed by atoms with E-state index in [1.165, 1.54) is 23.3 Å². The van der Waals surface area contributed by atoms with Gasteiger partial charge < -0.3 is 4.90 Å². The van der Waals surface area contributed by atoms with Crippen molar-refractivity contribution < 1.29 is 4.39 Å². The summed E-state index contributed by atoms with van der Waals surface area (Å²) in [6.45, 7) is 1.59. The normalized spacial score (nSPS) is 20.8. The Hall–Kier alpha value is -2.83. The van der Waals surface area contributed by atoms with Gasteiger partial charge in [0.15, 0.2) is 5.17 Å². The van der Waals surface area contributed by atoms with Crippen LogP contribution in [0.1, 0.15) is 22.7 Å². The second kappa shape index (κ2) is 9.56. The van der Waals surface area contributed by atoms with Crippen LogP contribution in [0.2, 0.25) is 10.0 Å². The highest BCUT2D eigenvalue weighted by molar-refractivity contribution is 8.16. The van der Waals surface area contributed by atoms with E-state index in [-0.39, 0.29) is 11.9 Å². The fourth-order valence-electron chi connectivity index (χ4n) is 4.96. The average Bonchev–Trinajstić information content (AvgIpc) is 3.29. The van der Waals surface area contributed by atoms with E-state index in [4.69, 9.17) is 28.2 Å². The molecule has 7 heteroatoms. The molecule has 0 saturated heterocycles. The Morgan fingerprint density at radius 1 is 0.917 bits per heavy atom. The number of halogens is 3. The summed E-state index contributed by atoms with van der Waals surface area (Å²) in [6, 6.07) is 22.5. The highest BCUT2D eigenvalue weighted by atomic mass is 35.5. The number of likely N-dealkylation sites (N-methyl/N-ethyl adjacent to an activating group) is 1. The van der Waals surface area contributed by atoms with E-state index in [0.717, 1.165) is 51.4 Å². The lowest BCUT2D eigenvalue weighted by Crippen LogP contribution is -2.40. The van der Waals surface area contributed by atoms with Crippen LogP contribution in [0.5, 0.6) is 0 Å². The summed E-state index contributed by atoms with van der Waals surface area (Å²) in [5.41, 5.74) is 7.63. The zero-order chi connectivity index (χ0) is 24.8. The van der Waals surface area contributed by atoms with Crippen LogP contribution in [0.25, 0.3) is 11.8 Å². The summed E-state index contributed by atoms with van der Waals surface area (Å²) < 4.78 is 13.7. The largest absolute Gasteiger partial charge is 0.308 e. The van der Waals surface area contributed by atoms with Gasteiger partial charge in [-0.3, -0.25) is 4.90 Å². The molecule has 0 radical (unpaired) electrons. The maximum absolute atomic E-state index is 13.7. The summed E-state index contributed by atoms with van der Waals surface area (Å²) in [7, 11) is 2.13. The van der Waals surface area contributed by atoms with Crippen molar-refractivity contribution in [3.63, 3.8) is 0 Å². The van der Waals surface area contributed by atoms with E-state index in [0.29, 0.717) is 5.02 Å². The number of rotatable bonds is 3. The Bertz CT molecular complexity index is 1440. The number of aliphatic imine (C=N–C) groups is 1. The molecule has 0 N–H and O–H groups in total. The second-order valence-electron chi connectivity index (χ2n) is 9.11. The van der Waals surface area contributed by atoms with E-state index >= 15 is 0 Å². The fourth-order valence-corrected chi connectivity index (χ4v) is 6.14. The van der Waals surface area contributed by atoms with Gasteiger partial charge in [0.2, 0.25) is 0 Å². The molecule has 3 aliphatic heterocycles. The lowest BCUT2D eigenvalue weighted by molar-refractivity contribution is 0.344. The molecule has 3 aromatic rings. The number of nitrogens with zero attached hydrogens (tertiary/aromatic N) is 3. The maximum atomic E-state index is 13.7. The first-order valence-corrected chi connectivity index (χ1v) is 13.2. The average molecular weight is 534 g/mol. The first-order valence-electron chi connectivity index (χ1n) is 11.6. The van der Waals surface area contributed by atoms with Gasteiger partial charge in [-0.05, 0) is 89.5 Å². The number of amidine groups is 1. The Balaban J connectivity index is 1.50. The molecular formula is C29H22Cl2FN3S. The highest BCUT2D eigenvalue weighted by Crippen LogP contribution is 2.49. The number of hydrogen-bond donors (Lipinski definition) is 0. The Morgan fingerprint density at radius 2 is 1.58 bits per heavy atom. The van der Waals surface area contributed by atoms with Gasteiger partial charge in [0.25, 0.3) is 0 Å². The standard InChI is InChI=1S/C29H22Cl2FN3S/c1-34-15-21(14-18-2-8-22(30)9-3-18)27-25(16-34)28(20-4-10-23(31)11-5-20)35-26(17-36-29(35)33-27)19-6-12-24(32)13-7-19/h2-14,17,28H,15-16H2,1H3/b21-14+. The molecule has 0 bridgehead atoms. The molecule has 0 spiro atoms. The highest BCUT2D eigenvalue weighted by Gasteiger charge is 2.41. The maximum Gasteiger partial charge on any atom is 0.174 e. The van der Waals surface area contributed by atoms with Crippen molar-refractivity contribution in [1.29, 1.82) is 0 Å². The molecule has 6 rings (SSSR count). The molecule has 3 heterocycles. The van der Waals surface area contributed by atoms with Crippen LogP contribution in [0.4, 0.5) is 4.39 Å². The van der Waals surface area contributed by atoms with Gasteiger partial charge in [0.1, 0.15) is 5.82 Å². The quantitative estimate of drug-likeness (QED) is 0.341. The van der Waals surface area contributed by atoms with Crippen molar-refractivity contribution in [2.75, 3.05) is 20.1 Å². The van der Waals surface area contributed by atoms with Gasteiger partial charge in [-0.15, -0.1) is 0 Å². The van der Waals surface area contributed by atoms with E-state index in [9.17, 15) is 4.39 Å². The molecule has 0 aromatic heterocycles. The topological polar surface area (TPSA) is 18.8 Å². The third-order valence-corrected chi connectivity index (χ3v) is 7.91. The SMILES string of the molecule is CN1CC2=C(N=C3SC=C(c4ccc(F)cc4)N3C2c2ccc(Cl)cc2)/C(=C/c2ccc(Cl)cc2)C1. The lowest BCUT2D eigenvalue weighted by Gasteiger charge is -2.42. The molecule has 36 heavy (non-hydrogen) atoms. The number of fused-ring (bicyclic) bond motifs is 1. The summed E-state index contributed by atoms with van der Waals surface area (Å²) in [4.78, 5) is 9.78. The van der Waals surface area contributed by atoms with E-state index in [2.05, 4.69) is 40.5 Å². The molecule has 1 atom stereocenters. The molecule has 0 fully saturated rings. The predicted octanol–water partition coefficient (Wildman–Crippen LogP) is 7.87. The Kier molecular flexibility index (Phi) is 6.26. The number of thioether (sulfide) groups is 1. The third kappa shape index (κ3) is 4.41. The van der Waals surface area contributed by atoms with E-state index < -0.39 is 0 Å². The zero-order valence-electron chi connectivity index (χ0n) is 19.5. The lowest BCUT2D eigenvalue weighted by atomic mass is 9.88. The van der Waals surface area contributed by atoms with Crippen molar-refractivity contribution in [2.45, 2.75) is 6.04 Å². The second-order valence-corrected chi connectivity index (χ2v) is 10.8. The van der Waals surface area contributed by atoms with Crippen LogP contribution < -0.4 is 0 Å². The summed E-state index contributed by atoms with van der Waals surface area (Å²) in [5, 5.41) is 4.45. The first-order chi connectivity index (χ1) is 17.5. The fraction of sp³-hybridized carbons (Fsp3) is 0.138. The summed E-state index contributed by atoms with van der Waals surface area (Å²) >= 11 is 14.0. The summed E-state index contributed by atoms with van der Waals surface area (Å²) in [5.74, 6) is -0.248. The molecule has 0 amide bonds. The zero-order valence-corrected chi connectivity index (χ0v) is 21.8. The van der Waals surface area contributed by atoms with Crippen LogP contribution in [-0.2, 0) is 0 Å². The summed E-state index contributed by atoms with van der Waals surface area (Å²) in [6.07, 6.45) is 2.20. The van der Waals surface area contributed by atoms with E-state index in [1.54, 1.807) is 11.8 Å². The minimum Gasteiger partial charge on any atom is -0.308 e. The molecule has 3 aromatic carbocycles. The molecular weight excluding hydrogens is 512 g/mol. The van der Waals surface area contributed by atoms with Crippen LogP contribution in [-0.4, -0.2) is 35.1 Å². The molecule has 3 nitrogen and oxygen atoms in total. The molecule has 180 valence electrons. The predicted molar refractivity (Wildman–Crippen MR) is 149 cm³/mol. The minimum absolute atomic E-state index is 0.0626. The van der Waals surface area contributed by atoms with Gasteiger partial charge in [0.05, 0.1) is 17.4 Å². The Morgan fingerprint density at radius 3 is 2.28 bits per heavy atom. The first kappa shape index (κ1) is 23.6. The minimum atomic E-state index is -0.248. The Labute approximate surface area is 224 Å². The molecule has 1 unspecified atom stereocenters. The van der Waals surface area contributed by atoms with Gasteiger partial charge in [-0.25, -0.2) is 9.38 Å². The van der Waals surface area contributed by atoms with Gasteiger partial charge in [-0.1, -0.05) is 59.2 Å². The van der Waals surface area contributed by atoms with Crippen molar-refractivity contribution >= 4 is 51.9 Å². The molecule has 0 saturated carbocycles. The van der Waals surface area contributed by atoms with Crippen molar-refractivity contribution in [3.8, 4) is 0 Å². The molecule has 0 aliphatic carbocycles. The van der Waals surface area contributed by atoms with Crippen LogP contribution in [0, 0.1) is 5.82 Å². The van der Waals surface area contributed by atoms with Crippen molar-refractivity contribution in [1.82, 2.24) is 9.80 Å². The van der Waals surface area contributed by atoms with Crippen molar-refractivity contribution in [3.05, 3.63) is 128 Å². The van der Waals surface area contributed by atoms with Crippen LogP contribution in [0.15, 0.2) is 100 Å². The number of benzene rings is 3. The third-order valence-electron chi connectivity index (χ3n) is 6.56. The van der Waals surface area contributed by atoms with Gasteiger partial charge in [-0.2, -0.15) is 0 Å². The van der Waals surface area contributed by atoms with Crippen molar-refractivity contribution in [2.24, 2.45) is 4.99 Å². The van der Waals surface area contributed by atoms with E-state index in [1.807, 2.05) is 48.5 Å². The van der Waals surface area contributed by atoms with Gasteiger partial charge in [0, 0.05) is 28.5 Å². The van der Waals surface area contributed by atoms with Gasteiger partial charge >= 0.3 is 0 Å². The number of hydrogen-bond acceptors (Lipinski definition) is 4. The molecule has 3 aliphatic rings.